The lowest BCUT2D eigenvalue weighted by Gasteiger charge is -2.14. The molecule has 0 saturated carbocycles. The van der Waals surface area contributed by atoms with Crippen LogP contribution < -0.4 is 5.56 Å². The number of aromatic nitrogens is 1. The van der Waals surface area contributed by atoms with Crippen molar-refractivity contribution >= 4 is 5.91 Å². The summed E-state index contributed by atoms with van der Waals surface area (Å²) in [5, 5.41) is 0. The number of rotatable bonds is 1. The van der Waals surface area contributed by atoms with Crippen LogP contribution >= 0.6 is 0 Å². The highest BCUT2D eigenvalue weighted by atomic mass is 16.2. The number of likely N-dealkylation sites (tertiary alicyclic amines) is 1. The zero-order valence-corrected chi connectivity index (χ0v) is 7.82. The molecule has 4 heteroatoms. The Morgan fingerprint density at radius 2 is 2.00 bits per heavy atom. The van der Waals surface area contributed by atoms with Crippen LogP contribution in [-0.4, -0.2) is 28.9 Å². The van der Waals surface area contributed by atoms with Gasteiger partial charge in [0.1, 0.15) is 0 Å². The van der Waals surface area contributed by atoms with E-state index in [1.54, 1.807) is 6.07 Å². The van der Waals surface area contributed by atoms with Crippen molar-refractivity contribution in [3.05, 3.63) is 34.2 Å². The molecule has 1 aromatic rings. The third-order valence-electron chi connectivity index (χ3n) is 2.42. The Bertz CT molecular complexity index is 371. The van der Waals surface area contributed by atoms with Crippen molar-refractivity contribution in [3.8, 4) is 0 Å². The highest BCUT2D eigenvalue weighted by molar-refractivity contribution is 5.93. The molecule has 0 atom stereocenters. The molecule has 0 spiro atoms. The van der Waals surface area contributed by atoms with Crippen molar-refractivity contribution in [2.75, 3.05) is 13.1 Å². The second-order valence-electron chi connectivity index (χ2n) is 3.44. The van der Waals surface area contributed by atoms with Gasteiger partial charge in [0.05, 0.1) is 5.56 Å². The van der Waals surface area contributed by atoms with E-state index in [1.807, 2.05) is 4.90 Å². The zero-order valence-electron chi connectivity index (χ0n) is 7.82. The molecule has 1 saturated heterocycles. The Labute approximate surface area is 81.6 Å². The normalized spacial score (nSPS) is 15.9. The molecule has 1 N–H and O–H groups in total. The summed E-state index contributed by atoms with van der Waals surface area (Å²) in [6.07, 6.45) is 3.63. The van der Waals surface area contributed by atoms with Crippen LogP contribution in [0.2, 0.25) is 0 Å². The number of nitrogens with one attached hydrogen (secondary N) is 1. The van der Waals surface area contributed by atoms with Crippen LogP contribution in [0.1, 0.15) is 23.2 Å². The Kier molecular flexibility index (Phi) is 2.35. The molecule has 1 amide bonds. The topological polar surface area (TPSA) is 53.2 Å². The molecule has 0 unspecified atom stereocenters. The molecule has 1 aromatic heterocycles. The average Bonchev–Trinajstić information content (AvgIpc) is 2.71. The molecule has 4 nitrogen and oxygen atoms in total. The number of nitrogens with zero attached hydrogens (tertiary/aromatic N) is 1. The van der Waals surface area contributed by atoms with E-state index in [4.69, 9.17) is 0 Å². The van der Waals surface area contributed by atoms with Crippen LogP contribution in [0.15, 0.2) is 23.1 Å². The van der Waals surface area contributed by atoms with E-state index in [0.29, 0.717) is 5.56 Å². The maximum atomic E-state index is 11.8. The minimum absolute atomic E-state index is 0.0127. The molecular formula is C10H12N2O2. The first-order valence-corrected chi connectivity index (χ1v) is 4.75. The van der Waals surface area contributed by atoms with E-state index in [2.05, 4.69) is 4.98 Å². The highest BCUT2D eigenvalue weighted by Gasteiger charge is 2.18. The van der Waals surface area contributed by atoms with Gasteiger partial charge in [-0.05, 0) is 18.9 Å². The van der Waals surface area contributed by atoms with Gasteiger partial charge < -0.3 is 9.88 Å². The average molecular weight is 192 g/mol. The van der Waals surface area contributed by atoms with E-state index >= 15 is 0 Å². The fourth-order valence-electron chi connectivity index (χ4n) is 1.65. The first-order valence-electron chi connectivity index (χ1n) is 4.75. The molecule has 0 aliphatic carbocycles. The standard InChI is InChI=1S/C10H12N2O2/c13-9-4-3-8(7-11-9)10(14)12-5-1-2-6-12/h3-4,7H,1-2,5-6H2,(H,11,13). The maximum Gasteiger partial charge on any atom is 0.255 e. The van der Waals surface area contributed by atoms with E-state index in [0.717, 1.165) is 25.9 Å². The van der Waals surface area contributed by atoms with E-state index in [9.17, 15) is 9.59 Å². The van der Waals surface area contributed by atoms with Gasteiger partial charge >= 0.3 is 0 Å². The second kappa shape index (κ2) is 3.65. The number of aromatic amines is 1. The fraction of sp³-hybridized carbons (Fsp3) is 0.400. The maximum absolute atomic E-state index is 11.8. The number of hydrogen-bond acceptors (Lipinski definition) is 2. The number of carbonyl (C=O) groups is 1. The predicted molar refractivity (Wildman–Crippen MR) is 52.2 cm³/mol. The van der Waals surface area contributed by atoms with Crippen molar-refractivity contribution < 1.29 is 4.79 Å². The molecule has 0 aromatic carbocycles. The first-order chi connectivity index (χ1) is 6.77. The van der Waals surface area contributed by atoms with Crippen LogP contribution in [-0.2, 0) is 0 Å². The largest absolute Gasteiger partial charge is 0.339 e. The van der Waals surface area contributed by atoms with Gasteiger partial charge in [-0.1, -0.05) is 0 Å². The van der Waals surface area contributed by atoms with Gasteiger partial charge in [-0.15, -0.1) is 0 Å². The van der Waals surface area contributed by atoms with Crippen LogP contribution in [0.4, 0.5) is 0 Å². The Balaban J connectivity index is 2.18. The molecule has 1 fully saturated rings. The molecule has 14 heavy (non-hydrogen) atoms. The van der Waals surface area contributed by atoms with Crippen LogP contribution in [0.25, 0.3) is 0 Å². The molecule has 0 radical (unpaired) electrons. The zero-order chi connectivity index (χ0) is 9.97. The van der Waals surface area contributed by atoms with E-state index < -0.39 is 0 Å². The molecule has 0 bridgehead atoms. The smallest absolute Gasteiger partial charge is 0.255 e. The number of H-pyrrole nitrogens is 1. The summed E-state index contributed by atoms with van der Waals surface area (Å²) in [6, 6.07) is 2.95. The van der Waals surface area contributed by atoms with Crippen LogP contribution in [0, 0.1) is 0 Å². The SMILES string of the molecule is O=C(c1ccc(=O)[nH]c1)N1CCCC1. The van der Waals surface area contributed by atoms with Gasteiger partial charge in [0.15, 0.2) is 0 Å². The Morgan fingerprint density at radius 3 is 2.57 bits per heavy atom. The summed E-state index contributed by atoms with van der Waals surface area (Å²) in [4.78, 5) is 26.9. The number of amides is 1. The third kappa shape index (κ3) is 1.69. The quantitative estimate of drug-likeness (QED) is 0.708. The summed E-state index contributed by atoms with van der Waals surface area (Å²) in [7, 11) is 0. The highest BCUT2D eigenvalue weighted by Crippen LogP contribution is 2.11. The van der Waals surface area contributed by atoms with Crippen molar-refractivity contribution in [2.24, 2.45) is 0 Å². The Morgan fingerprint density at radius 1 is 1.29 bits per heavy atom. The van der Waals surface area contributed by atoms with Crippen molar-refractivity contribution in [3.63, 3.8) is 0 Å². The summed E-state index contributed by atoms with van der Waals surface area (Å²) in [5.74, 6) is 0.0127. The second-order valence-corrected chi connectivity index (χ2v) is 3.44. The number of hydrogen-bond donors (Lipinski definition) is 1. The minimum Gasteiger partial charge on any atom is -0.339 e. The van der Waals surface area contributed by atoms with Crippen molar-refractivity contribution in [1.29, 1.82) is 0 Å². The van der Waals surface area contributed by atoms with Gasteiger partial charge in [-0.3, -0.25) is 9.59 Å². The molecule has 1 aliphatic rings. The summed E-state index contributed by atoms with van der Waals surface area (Å²) >= 11 is 0. The van der Waals surface area contributed by atoms with E-state index in [1.165, 1.54) is 12.3 Å². The lowest BCUT2D eigenvalue weighted by molar-refractivity contribution is 0.0792. The molecule has 2 heterocycles. The predicted octanol–water partition coefficient (Wildman–Crippen LogP) is 0.611. The summed E-state index contributed by atoms with van der Waals surface area (Å²) in [5.41, 5.74) is 0.384. The number of carbonyl (C=O) groups excluding carboxylic acids is 1. The number of pyridine rings is 1. The summed E-state index contributed by atoms with van der Waals surface area (Å²) < 4.78 is 0. The first kappa shape index (κ1) is 8.99. The summed E-state index contributed by atoms with van der Waals surface area (Å²) in [6.45, 7) is 1.66. The minimum atomic E-state index is -0.178. The molecule has 74 valence electrons. The van der Waals surface area contributed by atoms with Gasteiger partial charge in [0, 0.05) is 25.4 Å². The van der Waals surface area contributed by atoms with Gasteiger partial charge in [0.25, 0.3) is 5.91 Å². The van der Waals surface area contributed by atoms with Crippen LogP contribution in [0.5, 0.6) is 0 Å². The van der Waals surface area contributed by atoms with Crippen molar-refractivity contribution in [1.82, 2.24) is 9.88 Å². The van der Waals surface area contributed by atoms with Crippen molar-refractivity contribution in [2.45, 2.75) is 12.8 Å². The van der Waals surface area contributed by atoms with Crippen LogP contribution in [0.3, 0.4) is 0 Å². The Hall–Kier alpha value is -1.58. The van der Waals surface area contributed by atoms with Gasteiger partial charge in [0.2, 0.25) is 5.56 Å². The van der Waals surface area contributed by atoms with Gasteiger partial charge in [-0.25, -0.2) is 0 Å². The van der Waals surface area contributed by atoms with Gasteiger partial charge in [-0.2, -0.15) is 0 Å². The molecule has 1 aliphatic heterocycles. The monoisotopic (exact) mass is 192 g/mol. The third-order valence-corrected chi connectivity index (χ3v) is 2.42. The fourth-order valence-corrected chi connectivity index (χ4v) is 1.65. The molecular weight excluding hydrogens is 180 g/mol. The lowest BCUT2D eigenvalue weighted by Crippen LogP contribution is -2.28. The lowest BCUT2D eigenvalue weighted by atomic mass is 10.2. The molecule has 2 rings (SSSR count). The van der Waals surface area contributed by atoms with E-state index in [-0.39, 0.29) is 11.5 Å².